The van der Waals surface area contributed by atoms with Crippen LogP contribution in [0.25, 0.3) is 0 Å². The van der Waals surface area contributed by atoms with E-state index in [1.54, 1.807) is 24.3 Å². The molecule has 0 unspecified atom stereocenters. The van der Waals surface area contributed by atoms with Crippen LogP contribution in [0.1, 0.15) is 30.2 Å². The second-order valence-electron chi connectivity index (χ2n) is 4.59. The predicted octanol–water partition coefficient (Wildman–Crippen LogP) is 3.24. The summed E-state index contributed by atoms with van der Waals surface area (Å²) in [5, 5.41) is 9.24. The second-order valence-corrected chi connectivity index (χ2v) is 4.59. The molecule has 0 radical (unpaired) electrons. The van der Waals surface area contributed by atoms with Gasteiger partial charge in [-0.15, -0.1) is 0 Å². The fourth-order valence-electron chi connectivity index (χ4n) is 1.94. The highest BCUT2D eigenvalue weighted by molar-refractivity contribution is 5.25. The Morgan fingerprint density at radius 2 is 2.05 bits per heavy atom. The topological polar surface area (TPSA) is 42.4 Å². The van der Waals surface area contributed by atoms with E-state index >= 15 is 0 Å². The summed E-state index contributed by atoms with van der Waals surface area (Å²) in [6.45, 7) is 2.13. The van der Waals surface area contributed by atoms with Gasteiger partial charge in [-0.25, -0.2) is 9.37 Å². The highest BCUT2D eigenvalue weighted by atomic mass is 19.1. The summed E-state index contributed by atoms with van der Waals surface area (Å²) in [4.78, 5) is 4.36. The van der Waals surface area contributed by atoms with E-state index < -0.39 is 0 Å². The van der Waals surface area contributed by atoms with E-state index in [2.05, 4.69) is 11.9 Å². The summed E-state index contributed by atoms with van der Waals surface area (Å²) in [5.41, 5.74) is 2.12. The van der Waals surface area contributed by atoms with Crippen LogP contribution in [0.4, 0.5) is 4.39 Å². The van der Waals surface area contributed by atoms with Crippen molar-refractivity contribution in [2.24, 2.45) is 0 Å². The molecular weight excluding hydrogens is 257 g/mol. The Balaban J connectivity index is 2.12. The van der Waals surface area contributed by atoms with Crippen molar-refractivity contribution in [1.82, 2.24) is 4.98 Å². The van der Waals surface area contributed by atoms with Crippen molar-refractivity contribution in [3.05, 3.63) is 59.0 Å². The van der Waals surface area contributed by atoms with Crippen molar-refractivity contribution in [1.29, 1.82) is 0 Å². The summed E-state index contributed by atoms with van der Waals surface area (Å²) in [7, 11) is 0. The third kappa shape index (κ3) is 3.78. The minimum Gasteiger partial charge on any atom is -0.473 e. The Bertz CT molecular complexity index is 572. The number of rotatable bonds is 6. The lowest BCUT2D eigenvalue weighted by atomic mass is 10.2. The lowest BCUT2D eigenvalue weighted by Gasteiger charge is -2.09. The first-order valence-corrected chi connectivity index (χ1v) is 6.70. The van der Waals surface area contributed by atoms with E-state index in [0.717, 1.165) is 24.1 Å². The lowest BCUT2D eigenvalue weighted by molar-refractivity contribution is 0.272. The van der Waals surface area contributed by atoms with Crippen LogP contribution in [0.15, 0.2) is 36.4 Å². The van der Waals surface area contributed by atoms with Gasteiger partial charge in [-0.2, -0.15) is 0 Å². The number of benzene rings is 1. The molecule has 20 heavy (non-hydrogen) atoms. The number of halogens is 1. The van der Waals surface area contributed by atoms with Crippen LogP contribution in [0.5, 0.6) is 5.88 Å². The minimum absolute atomic E-state index is 0.0602. The number of nitrogens with zero attached hydrogens (tertiary/aromatic N) is 1. The SMILES string of the molecule is CCCc1cc(CO)cc(OCc2ccccc2F)n1. The van der Waals surface area contributed by atoms with Gasteiger partial charge in [0, 0.05) is 17.3 Å². The predicted molar refractivity (Wildman–Crippen MR) is 74.9 cm³/mol. The van der Waals surface area contributed by atoms with Gasteiger partial charge in [0.1, 0.15) is 12.4 Å². The van der Waals surface area contributed by atoms with Crippen LogP contribution < -0.4 is 4.74 Å². The van der Waals surface area contributed by atoms with Crippen molar-refractivity contribution < 1.29 is 14.2 Å². The van der Waals surface area contributed by atoms with Gasteiger partial charge in [0.15, 0.2) is 0 Å². The summed E-state index contributed by atoms with van der Waals surface area (Å²) >= 11 is 0. The molecule has 2 aromatic rings. The molecule has 0 aliphatic rings. The fraction of sp³-hybridized carbons (Fsp3) is 0.312. The number of hydrogen-bond donors (Lipinski definition) is 1. The number of aromatic nitrogens is 1. The summed E-state index contributed by atoms with van der Waals surface area (Å²) in [5.74, 6) is 0.128. The van der Waals surface area contributed by atoms with Crippen molar-refractivity contribution in [3.63, 3.8) is 0 Å². The molecule has 0 aliphatic heterocycles. The summed E-state index contributed by atoms with van der Waals surface area (Å²) in [6.07, 6.45) is 1.79. The maximum Gasteiger partial charge on any atom is 0.214 e. The van der Waals surface area contributed by atoms with Gasteiger partial charge in [0.2, 0.25) is 5.88 Å². The lowest BCUT2D eigenvalue weighted by Crippen LogP contribution is -2.02. The monoisotopic (exact) mass is 275 g/mol. The molecule has 4 heteroatoms. The molecule has 0 aliphatic carbocycles. The zero-order valence-corrected chi connectivity index (χ0v) is 11.5. The Kier molecular flexibility index (Phi) is 5.07. The summed E-state index contributed by atoms with van der Waals surface area (Å²) < 4.78 is 19.0. The zero-order valence-electron chi connectivity index (χ0n) is 11.5. The number of ether oxygens (including phenoxy) is 1. The van der Waals surface area contributed by atoms with E-state index in [1.165, 1.54) is 6.07 Å². The molecule has 1 heterocycles. The largest absolute Gasteiger partial charge is 0.473 e. The molecule has 0 atom stereocenters. The number of aliphatic hydroxyl groups excluding tert-OH is 1. The van der Waals surface area contributed by atoms with Gasteiger partial charge < -0.3 is 9.84 Å². The molecule has 3 nitrogen and oxygen atoms in total. The van der Waals surface area contributed by atoms with E-state index in [1.807, 2.05) is 6.07 Å². The fourth-order valence-corrected chi connectivity index (χ4v) is 1.94. The molecule has 106 valence electrons. The van der Waals surface area contributed by atoms with Crippen LogP contribution in [0, 0.1) is 5.82 Å². The maximum atomic E-state index is 13.5. The Morgan fingerprint density at radius 3 is 2.75 bits per heavy atom. The molecule has 0 saturated carbocycles. The van der Waals surface area contributed by atoms with Gasteiger partial charge in [-0.1, -0.05) is 31.5 Å². The standard InChI is InChI=1S/C16H18FNO2/c1-2-5-14-8-12(10-19)9-16(18-14)20-11-13-6-3-4-7-15(13)17/h3-4,6-9,19H,2,5,10-11H2,1H3. The van der Waals surface area contributed by atoms with Crippen molar-refractivity contribution in [2.75, 3.05) is 0 Å². The van der Waals surface area contributed by atoms with Crippen molar-refractivity contribution in [3.8, 4) is 5.88 Å². The zero-order chi connectivity index (χ0) is 14.4. The normalized spacial score (nSPS) is 10.6. The van der Waals surface area contributed by atoms with E-state index in [9.17, 15) is 9.50 Å². The molecule has 1 N–H and O–H groups in total. The Morgan fingerprint density at radius 1 is 1.25 bits per heavy atom. The molecule has 2 rings (SSSR count). The van der Waals surface area contributed by atoms with Crippen LogP contribution in [0.3, 0.4) is 0 Å². The van der Waals surface area contributed by atoms with Crippen LogP contribution in [-0.2, 0) is 19.6 Å². The number of aliphatic hydroxyl groups is 1. The number of hydrogen-bond acceptors (Lipinski definition) is 3. The highest BCUT2D eigenvalue weighted by Crippen LogP contribution is 2.16. The van der Waals surface area contributed by atoms with Crippen LogP contribution in [-0.4, -0.2) is 10.1 Å². The van der Waals surface area contributed by atoms with Crippen LogP contribution >= 0.6 is 0 Å². The van der Waals surface area contributed by atoms with E-state index in [4.69, 9.17) is 4.74 Å². The van der Waals surface area contributed by atoms with Gasteiger partial charge >= 0.3 is 0 Å². The van der Waals surface area contributed by atoms with Crippen LogP contribution in [0.2, 0.25) is 0 Å². The highest BCUT2D eigenvalue weighted by Gasteiger charge is 2.06. The third-order valence-corrected chi connectivity index (χ3v) is 2.94. The third-order valence-electron chi connectivity index (χ3n) is 2.94. The molecular formula is C16H18FNO2. The smallest absolute Gasteiger partial charge is 0.214 e. The average Bonchev–Trinajstić information content (AvgIpc) is 2.46. The van der Waals surface area contributed by atoms with E-state index in [0.29, 0.717) is 11.4 Å². The minimum atomic E-state index is -0.292. The maximum absolute atomic E-state index is 13.5. The molecule has 0 saturated heterocycles. The summed E-state index contributed by atoms with van der Waals surface area (Å²) in [6, 6.07) is 10.0. The average molecular weight is 275 g/mol. The Hall–Kier alpha value is -1.94. The second kappa shape index (κ2) is 7.01. The molecule has 0 amide bonds. The molecule has 0 spiro atoms. The van der Waals surface area contributed by atoms with Gasteiger partial charge in [-0.3, -0.25) is 0 Å². The van der Waals surface area contributed by atoms with Crippen molar-refractivity contribution in [2.45, 2.75) is 33.0 Å². The van der Waals surface area contributed by atoms with E-state index in [-0.39, 0.29) is 19.0 Å². The molecule has 0 fully saturated rings. The van der Waals surface area contributed by atoms with Gasteiger partial charge in [0.05, 0.1) is 6.61 Å². The molecule has 0 bridgehead atoms. The van der Waals surface area contributed by atoms with Gasteiger partial charge in [-0.05, 0) is 24.1 Å². The number of pyridine rings is 1. The van der Waals surface area contributed by atoms with Gasteiger partial charge in [0.25, 0.3) is 0 Å². The first-order chi connectivity index (χ1) is 9.72. The number of aryl methyl sites for hydroxylation is 1. The molecule has 1 aromatic carbocycles. The first-order valence-electron chi connectivity index (χ1n) is 6.70. The Labute approximate surface area is 118 Å². The van der Waals surface area contributed by atoms with Crippen molar-refractivity contribution >= 4 is 0 Å². The molecule has 1 aromatic heterocycles. The quantitative estimate of drug-likeness (QED) is 0.880. The first kappa shape index (κ1) is 14.5.